The normalized spacial score (nSPS) is 22.1. The standard InChI is InChI=1S/C6H12O.K.H/c7-6-4-2-1-3-5-6;;/h6-7H,1-5H2;;. The van der Waals surface area contributed by atoms with Crippen molar-refractivity contribution in [3.05, 3.63) is 0 Å². The van der Waals surface area contributed by atoms with Gasteiger partial charge in [-0.2, -0.15) is 0 Å². The molecule has 0 aliphatic heterocycles. The Morgan fingerprint density at radius 2 is 1.50 bits per heavy atom. The second-order valence-corrected chi connectivity index (χ2v) is 2.29. The van der Waals surface area contributed by atoms with Crippen molar-refractivity contribution < 1.29 is 5.11 Å². The Balaban J connectivity index is 0.000000490. The van der Waals surface area contributed by atoms with E-state index in [1.54, 1.807) is 0 Å². The Bertz CT molecular complexity index is 50.5. The summed E-state index contributed by atoms with van der Waals surface area (Å²) in [6.45, 7) is 0. The van der Waals surface area contributed by atoms with E-state index in [2.05, 4.69) is 0 Å². The van der Waals surface area contributed by atoms with E-state index in [0.29, 0.717) is 0 Å². The van der Waals surface area contributed by atoms with E-state index in [9.17, 15) is 0 Å². The van der Waals surface area contributed by atoms with E-state index in [1.807, 2.05) is 0 Å². The minimum atomic E-state index is 0. The molecule has 0 atom stereocenters. The van der Waals surface area contributed by atoms with Crippen LogP contribution in [0.15, 0.2) is 0 Å². The summed E-state index contributed by atoms with van der Waals surface area (Å²) in [5.74, 6) is 0. The third kappa shape index (κ3) is 3.59. The fourth-order valence-electron chi connectivity index (χ4n) is 1.08. The summed E-state index contributed by atoms with van der Waals surface area (Å²) < 4.78 is 0. The first-order valence-corrected chi connectivity index (χ1v) is 3.07. The van der Waals surface area contributed by atoms with Gasteiger partial charge < -0.3 is 5.11 Å². The van der Waals surface area contributed by atoms with Gasteiger partial charge in [0.2, 0.25) is 0 Å². The number of aliphatic hydroxyl groups excluding tert-OH is 1. The molecule has 1 fully saturated rings. The Morgan fingerprint density at radius 3 is 1.75 bits per heavy atom. The van der Waals surface area contributed by atoms with Gasteiger partial charge in [-0.15, -0.1) is 0 Å². The SMILES string of the molecule is OC1CCCCC1.[KH]. The van der Waals surface area contributed by atoms with Gasteiger partial charge in [0.25, 0.3) is 0 Å². The van der Waals surface area contributed by atoms with Gasteiger partial charge >= 0.3 is 51.4 Å². The first kappa shape index (κ1) is 9.60. The minimum absolute atomic E-state index is 0. The van der Waals surface area contributed by atoms with Crippen molar-refractivity contribution in [3.63, 3.8) is 0 Å². The fraction of sp³-hybridized carbons (Fsp3) is 1.00. The van der Waals surface area contributed by atoms with Gasteiger partial charge in [-0.05, 0) is 12.8 Å². The van der Waals surface area contributed by atoms with Gasteiger partial charge in [0.15, 0.2) is 0 Å². The fourth-order valence-corrected chi connectivity index (χ4v) is 1.08. The van der Waals surface area contributed by atoms with Crippen molar-refractivity contribution in [2.45, 2.75) is 38.2 Å². The van der Waals surface area contributed by atoms with Gasteiger partial charge in [0.1, 0.15) is 0 Å². The molecule has 0 spiro atoms. The summed E-state index contributed by atoms with van der Waals surface area (Å²) in [6, 6.07) is 0. The Labute approximate surface area is 93.3 Å². The summed E-state index contributed by atoms with van der Waals surface area (Å²) in [5.41, 5.74) is 0. The van der Waals surface area contributed by atoms with Crippen LogP contribution >= 0.6 is 0 Å². The molecule has 0 heterocycles. The maximum atomic E-state index is 8.91. The average molecular weight is 140 g/mol. The number of hydrogen-bond donors (Lipinski definition) is 1. The van der Waals surface area contributed by atoms with Crippen LogP contribution in [-0.2, 0) is 0 Å². The molecule has 1 rings (SSSR count). The van der Waals surface area contributed by atoms with Crippen molar-refractivity contribution >= 4 is 51.4 Å². The molecule has 0 bridgehead atoms. The molecule has 1 saturated carbocycles. The molecule has 0 saturated heterocycles. The van der Waals surface area contributed by atoms with Crippen LogP contribution in [0.2, 0.25) is 0 Å². The molecule has 44 valence electrons. The Morgan fingerprint density at radius 1 is 1.00 bits per heavy atom. The number of rotatable bonds is 0. The summed E-state index contributed by atoms with van der Waals surface area (Å²) in [4.78, 5) is 0. The first-order valence-electron chi connectivity index (χ1n) is 3.07. The second kappa shape index (κ2) is 5.39. The third-order valence-electron chi connectivity index (χ3n) is 1.57. The van der Waals surface area contributed by atoms with Crippen LogP contribution in [-0.4, -0.2) is 62.6 Å². The molecule has 0 amide bonds. The molecular formula is C6H13KO. The van der Waals surface area contributed by atoms with E-state index in [0.717, 1.165) is 12.8 Å². The molecule has 0 aromatic rings. The summed E-state index contributed by atoms with van der Waals surface area (Å²) in [7, 11) is 0. The Kier molecular flexibility index (Phi) is 6.46. The topological polar surface area (TPSA) is 20.2 Å². The van der Waals surface area contributed by atoms with Crippen LogP contribution in [0.1, 0.15) is 32.1 Å². The quantitative estimate of drug-likeness (QED) is 0.490. The molecule has 0 unspecified atom stereocenters. The number of hydrogen-bond acceptors (Lipinski definition) is 1. The van der Waals surface area contributed by atoms with E-state index in [-0.39, 0.29) is 57.5 Å². The van der Waals surface area contributed by atoms with E-state index in [1.165, 1.54) is 19.3 Å². The first-order chi connectivity index (χ1) is 3.39. The van der Waals surface area contributed by atoms with Crippen LogP contribution in [0.4, 0.5) is 0 Å². The van der Waals surface area contributed by atoms with Crippen LogP contribution in [0, 0.1) is 0 Å². The summed E-state index contributed by atoms with van der Waals surface area (Å²) >= 11 is 0. The number of aliphatic hydroxyl groups is 1. The third-order valence-corrected chi connectivity index (χ3v) is 1.57. The van der Waals surface area contributed by atoms with Crippen LogP contribution in [0.25, 0.3) is 0 Å². The average Bonchev–Trinajstić information content (AvgIpc) is 1.69. The molecular weight excluding hydrogens is 127 g/mol. The summed E-state index contributed by atoms with van der Waals surface area (Å²) in [6.07, 6.45) is 5.92. The van der Waals surface area contributed by atoms with E-state index < -0.39 is 0 Å². The van der Waals surface area contributed by atoms with Crippen molar-refractivity contribution in [1.82, 2.24) is 0 Å². The summed E-state index contributed by atoms with van der Waals surface area (Å²) in [5, 5.41) is 8.91. The molecule has 0 radical (unpaired) electrons. The van der Waals surface area contributed by atoms with Crippen molar-refractivity contribution in [3.8, 4) is 0 Å². The van der Waals surface area contributed by atoms with Crippen molar-refractivity contribution in [1.29, 1.82) is 0 Å². The van der Waals surface area contributed by atoms with Gasteiger partial charge in [0, 0.05) is 0 Å². The molecule has 1 aliphatic carbocycles. The zero-order valence-corrected chi connectivity index (χ0v) is 4.56. The van der Waals surface area contributed by atoms with Crippen LogP contribution in [0.5, 0.6) is 0 Å². The van der Waals surface area contributed by atoms with Crippen molar-refractivity contribution in [2.75, 3.05) is 0 Å². The van der Waals surface area contributed by atoms with Gasteiger partial charge in [-0.25, -0.2) is 0 Å². The molecule has 1 nitrogen and oxygen atoms in total. The monoisotopic (exact) mass is 140 g/mol. The van der Waals surface area contributed by atoms with E-state index in [4.69, 9.17) is 5.11 Å². The Hall–Kier alpha value is 1.60. The predicted molar refractivity (Wildman–Crippen MR) is 36.2 cm³/mol. The zero-order chi connectivity index (χ0) is 5.11. The second-order valence-electron chi connectivity index (χ2n) is 2.29. The molecule has 1 N–H and O–H groups in total. The zero-order valence-electron chi connectivity index (χ0n) is 4.56. The maximum absolute atomic E-state index is 8.91. The van der Waals surface area contributed by atoms with Crippen LogP contribution in [0.3, 0.4) is 0 Å². The molecule has 8 heavy (non-hydrogen) atoms. The molecule has 0 aromatic carbocycles. The predicted octanol–water partition coefficient (Wildman–Crippen LogP) is 0.663. The van der Waals surface area contributed by atoms with E-state index >= 15 is 0 Å². The van der Waals surface area contributed by atoms with Gasteiger partial charge in [-0.3, -0.25) is 0 Å². The van der Waals surface area contributed by atoms with Gasteiger partial charge in [0.05, 0.1) is 6.10 Å². The van der Waals surface area contributed by atoms with Crippen LogP contribution < -0.4 is 0 Å². The van der Waals surface area contributed by atoms with Crippen molar-refractivity contribution in [2.24, 2.45) is 0 Å². The molecule has 1 aliphatic rings. The molecule has 0 aromatic heterocycles. The van der Waals surface area contributed by atoms with Gasteiger partial charge in [-0.1, -0.05) is 19.3 Å². The molecule has 2 heteroatoms.